The van der Waals surface area contributed by atoms with Crippen LogP contribution in [0.3, 0.4) is 0 Å². The van der Waals surface area contributed by atoms with E-state index >= 15 is 0 Å². The molecule has 5 rings (SSSR count). The highest BCUT2D eigenvalue weighted by molar-refractivity contribution is 7.99. The molecule has 0 aliphatic rings. The lowest BCUT2D eigenvalue weighted by Gasteiger charge is -2.17. The van der Waals surface area contributed by atoms with Gasteiger partial charge in [-0.2, -0.15) is 9.61 Å². The van der Waals surface area contributed by atoms with Crippen LogP contribution in [0.25, 0.3) is 28.2 Å². The van der Waals surface area contributed by atoms with Crippen molar-refractivity contribution in [3.05, 3.63) is 77.9 Å². The number of methoxy groups -OCH3 is 1. The summed E-state index contributed by atoms with van der Waals surface area (Å²) in [7, 11) is 3.63. The second-order valence-electron chi connectivity index (χ2n) is 10.3. The van der Waals surface area contributed by atoms with Gasteiger partial charge in [0.2, 0.25) is 0 Å². The second-order valence-corrected chi connectivity index (χ2v) is 11.4. The summed E-state index contributed by atoms with van der Waals surface area (Å²) in [6.45, 7) is 6.54. The van der Waals surface area contributed by atoms with Crippen LogP contribution in [0, 0.1) is 12.8 Å². The summed E-state index contributed by atoms with van der Waals surface area (Å²) in [5, 5.41) is 28.8. The zero-order valence-corrected chi connectivity index (χ0v) is 24.8. The molecule has 1 atom stereocenters. The third kappa shape index (κ3) is 5.95. The van der Waals surface area contributed by atoms with Gasteiger partial charge in [-0.25, -0.2) is 9.97 Å². The number of nitrogens with one attached hydrogen (secondary N) is 1. The molecule has 0 saturated heterocycles. The topological polar surface area (TPSA) is 110 Å². The van der Waals surface area contributed by atoms with Crippen molar-refractivity contribution in [2.45, 2.75) is 38.3 Å². The van der Waals surface area contributed by atoms with Crippen molar-refractivity contribution in [3.8, 4) is 28.3 Å². The van der Waals surface area contributed by atoms with Crippen molar-refractivity contribution < 1.29 is 14.9 Å². The van der Waals surface area contributed by atoms with E-state index in [1.165, 1.54) is 11.8 Å². The number of anilines is 1. The number of hydrogen-bond donors (Lipinski definition) is 3. The lowest BCUT2D eigenvalue weighted by Crippen LogP contribution is -2.12. The lowest BCUT2D eigenvalue weighted by molar-refractivity contribution is 0.122. The maximum atomic E-state index is 11.0. The Morgan fingerprint density at radius 1 is 1.10 bits per heavy atom. The van der Waals surface area contributed by atoms with Crippen LogP contribution in [-0.4, -0.2) is 53.8 Å². The number of imidazole rings is 1. The first-order valence-corrected chi connectivity index (χ1v) is 14.6. The zero-order chi connectivity index (χ0) is 29.1. The first-order chi connectivity index (χ1) is 19.8. The second kappa shape index (κ2) is 12.3. The molecule has 0 aliphatic heterocycles. The molecule has 0 bridgehead atoms. The van der Waals surface area contributed by atoms with Crippen molar-refractivity contribution in [1.82, 2.24) is 24.1 Å². The van der Waals surface area contributed by atoms with Crippen LogP contribution < -0.4 is 10.1 Å². The van der Waals surface area contributed by atoms with E-state index in [1.807, 2.05) is 73.4 Å². The number of rotatable bonds is 11. The molecular formula is C31H36N6O3S. The van der Waals surface area contributed by atoms with E-state index in [2.05, 4.69) is 28.5 Å². The normalized spacial score (nSPS) is 12.3. The standard InChI is InChI=1S/C31H36N6O3S/c1-19(2)29(39)24-17-27(33-18-21-7-6-8-23(15-21)30-32-11-12-36(30)4)37-31(34-24)28(20(3)35-37)22-9-10-25(40-5)26(16-22)41-14-13-38/h6-12,15-17,19,29,33,38-39H,13-14,18H2,1-5H3. The Kier molecular flexibility index (Phi) is 8.63. The molecule has 1 unspecified atom stereocenters. The minimum absolute atomic E-state index is 0.0118. The van der Waals surface area contributed by atoms with E-state index < -0.39 is 6.10 Å². The van der Waals surface area contributed by atoms with Crippen LogP contribution in [0.4, 0.5) is 5.82 Å². The van der Waals surface area contributed by atoms with E-state index in [0.29, 0.717) is 23.6 Å². The molecular weight excluding hydrogens is 536 g/mol. The van der Waals surface area contributed by atoms with Gasteiger partial charge in [-0.05, 0) is 42.2 Å². The summed E-state index contributed by atoms with van der Waals surface area (Å²) >= 11 is 1.54. The molecule has 0 saturated carbocycles. The van der Waals surface area contributed by atoms with Gasteiger partial charge in [0.25, 0.3) is 0 Å². The van der Waals surface area contributed by atoms with Crippen LogP contribution in [0.1, 0.15) is 36.9 Å². The zero-order valence-electron chi connectivity index (χ0n) is 24.0. The largest absolute Gasteiger partial charge is 0.496 e. The van der Waals surface area contributed by atoms with Gasteiger partial charge in [0.15, 0.2) is 5.65 Å². The average molecular weight is 573 g/mol. The van der Waals surface area contributed by atoms with Gasteiger partial charge in [0.05, 0.1) is 36.1 Å². The number of aliphatic hydroxyl groups is 2. The molecule has 0 spiro atoms. The molecule has 214 valence electrons. The lowest BCUT2D eigenvalue weighted by atomic mass is 10.0. The minimum atomic E-state index is -0.734. The first-order valence-electron chi connectivity index (χ1n) is 13.6. The molecule has 10 heteroatoms. The molecule has 0 aliphatic carbocycles. The first kappa shape index (κ1) is 28.7. The van der Waals surface area contributed by atoms with E-state index in [1.54, 1.807) is 13.3 Å². The van der Waals surface area contributed by atoms with E-state index in [4.69, 9.17) is 14.8 Å². The van der Waals surface area contributed by atoms with Crippen molar-refractivity contribution in [2.75, 3.05) is 24.8 Å². The molecule has 3 N–H and O–H groups in total. The number of nitrogens with zero attached hydrogens (tertiary/aromatic N) is 5. The van der Waals surface area contributed by atoms with E-state index in [-0.39, 0.29) is 12.5 Å². The summed E-state index contributed by atoms with van der Waals surface area (Å²) < 4.78 is 9.37. The molecule has 9 nitrogen and oxygen atoms in total. The highest BCUT2D eigenvalue weighted by Gasteiger charge is 2.22. The Balaban J connectivity index is 1.56. The van der Waals surface area contributed by atoms with Crippen LogP contribution in [0.15, 0.2) is 65.8 Å². The Morgan fingerprint density at radius 3 is 2.63 bits per heavy atom. The summed E-state index contributed by atoms with van der Waals surface area (Å²) in [5.74, 6) is 2.95. The smallest absolute Gasteiger partial charge is 0.165 e. The maximum Gasteiger partial charge on any atom is 0.165 e. The molecule has 41 heavy (non-hydrogen) atoms. The third-order valence-corrected chi connectivity index (χ3v) is 8.02. The van der Waals surface area contributed by atoms with Gasteiger partial charge >= 0.3 is 0 Å². The SMILES string of the molecule is COc1ccc(-c2c(C)nn3c(NCc4cccc(-c5nccn5C)c4)cc(C(O)C(C)C)nc23)cc1SCCO. The number of aromatic nitrogens is 5. The Bertz CT molecular complexity index is 1660. The van der Waals surface area contributed by atoms with Gasteiger partial charge < -0.3 is 24.8 Å². The van der Waals surface area contributed by atoms with E-state index in [0.717, 1.165) is 50.2 Å². The number of thioether (sulfide) groups is 1. The van der Waals surface area contributed by atoms with Crippen molar-refractivity contribution in [2.24, 2.45) is 13.0 Å². The molecule has 0 fully saturated rings. The number of fused-ring (bicyclic) bond motifs is 1. The molecule has 2 aromatic carbocycles. The molecule has 3 heterocycles. The van der Waals surface area contributed by atoms with Crippen molar-refractivity contribution >= 4 is 23.2 Å². The molecule has 5 aromatic rings. The molecule has 0 radical (unpaired) electrons. The summed E-state index contributed by atoms with van der Waals surface area (Å²) in [4.78, 5) is 10.3. The third-order valence-electron chi connectivity index (χ3n) is 7.00. The van der Waals surface area contributed by atoms with Crippen LogP contribution in [0.2, 0.25) is 0 Å². The predicted octanol–water partition coefficient (Wildman–Crippen LogP) is 5.50. The monoisotopic (exact) mass is 572 g/mol. The summed E-state index contributed by atoms with van der Waals surface area (Å²) in [5.41, 5.74) is 6.02. The van der Waals surface area contributed by atoms with Gasteiger partial charge in [-0.1, -0.05) is 38.1 Å². The van der Waals surface area contributed by atoms with Crippen LogP contribution >= 0.6 is 11.8 Å². The van der Waals surface area contributed by atoms with Gasteiger partial charge in [0, 0.05) is 48.9 Å². The fraction of sp³-hybridized carbons (Fsp3) is 0.323. The van der Waals surface area contributed by atoms with Crippen molar-refractivity contribution in [1.29, 1.82) is 0 Å². The highest BCUT2D eigenvalue weighted by atomic mass is 32.2. The highest BCUT2D eigenvalue weighted by Crippen LogP contribution is 2.37. The molecule has 0 amide bonds. The molecule has 3 aromatic heterocycles. The Labute approximate surface area is 244 Å². The summed E-state index contributed by atoms with van der Waals surface area (Å²) in [6.07, 6.45) is 3.00. The number of ether oxygens (including phenoxy) is 1. The fourth-order valence-electron chi connectivity index (χ4n) is 4.86. The van der Waals surface area contributed by atoms with Crippen LogP contribution in [0.5, 0.6) is 5.75 Å². The quantitative estimate of drug-likeness (QED) is 0.178. The van der Waals surface area contributed by atoms with Gasteiger partial charge in [0.1, 0.15) is 17.4 Å². The average Bonchev–Trinajstić information content (AvgIpc) is 3.56. The van der Waals surface area contributed by atoms with Crippen LogP contribution in [-0.2, 0) is 13.6 Å². The predicted molar refractivity (Wildman–Crippen MR) is 163 cm³/mol. The van der Waals surface area contributed by atoms with E-state index in [9.17, 15) is 10.2 Å². The summed E-state index contributed by atoms with van der Waals surface area (Å²) in [6, 6.07) is 16.1. The minimum Gasteiger partial charge on any atom is -0.496 e. The number of benzene rings is 2. The number of aliphatic hydroxyl groups excluding tert-OH is 2. The fourth-order valence-corrected chi connectivity index (χ4v) is 5.67. The Morgan fingerprint density at radius 2 is 1.93 bits per heavy atom. The van der Waals surface area contributed by atoms with Gasteiger partial charge in [-0.3, -0.25) is 0 Å². The number of aryl methyl sites for hydroxylation is 2. The van der Waals surface area contributed by atoms with Gasteiger partial charge in [-0.15, -0.1) is 11.8 Å². The van der Waals surface area contributed by atoms with Crippen molar-refractivity contribution in [3.63, 3.8) is 0 Å². The number of hydrogen-bond acceptors (Lipinski definition) is 8. The Hall–Kier alpha value is -3.86. The maximum absolute atomic E-state index is 11.0.